The molecule has 0 saturated carbocycles. The molecule has 0 aliphatic carbocycles. The Hall–Kier alpha value is 0.660. The van der Waals surface area contributed by atoms with Crippen LogP contribution in [0, 0.1) is 5.41 Å². The van der Waals surface area contributed by atoms with Gasteiger partial charge in [-0.05, 0) is 30.9 Å². The van der Waals surface area contributed by atoms with Crippen LogP contribution >= 0.6 is 24.4 Å². The zero-order valence-electron chi connectivity index (χ0n) is 10.2. The first kappa shape index (κ1) is 14.7. The summed E-state index contributed by atoms with van der Waals surface area (Å²) in [5.74, 6) is 2.18. The van der Waals surface area contributed by atoms with Crippen LogP contribution in [0.3, 0.4) is 0 Å². The molecule has 14 heavy (non-hydrogen) atoms. The Morgan fingerprint density at radius 3 is 2.36 bits per heavy atom. The molecule has 0 aromatic carbocycles. The fraction of sp³-hybridized carbons (Fsp3) is 1.00. The lowest BCUT2D eigenvalue weighted by atomic mass is 9.95. The van der Waals surface area contributed by atoms with Crippen molar-refractivity contribution in [1.82, 2.24) is 4.90 Å². The van der Waals surface area contributed by atoms with E-state index >= 15 is 0 Å². The van der Waals surface area contributed by atoms with Crippen molar-refractivity contribution in [2.75, 3.05) is 31.4 Å². The van der Waals surface area contributed by atoms with E-state index in [-0.39, 0.29) is 0 Å². The van der Waals surface area contributed by atoms with Gasteiger partial charge >= 0.3 is 0 Å². The minimum Gasteiger partial charge on any atom is -0.302 e. The van der Waals surface area contributed by atoms with Gasteiger partial charge in [-0.2, -0.15) is 24.4 Å². The molecule has 0 fully saturated rings. The van der Waals surface area contributed by atoms with Gasteiger partial charge in [0, 0.05) is 18.3 Å². The van der Waals surface area contributed by atoms with E-state index in [1.54, 1.807) is 0 Å². The predicted octanol–water partition coefficient (Wildman–Crippen LogP) is 3.02. The molecule has 86 valence electrons. The minimum atomic E-state index is 0.323. The lowest BCUT2D eigenvalue weighted by Crippen LogP contribution is -2.40. The third-order valence-corrected chi connectivity index (χ3v) is 4.13. The second kappa shape index (κ2) is 7.02. The van der Waals surface area contributed by atoms with Gasteiger partial charge in [0.1, 0.15) is 0 Å². The van der Waals surface area contributed by atoms with Crippen LogP contribution in [0.1, 0.15) is 27.2 Å². The molecule has 3 heteroatoms. The van der Waals surface area contributed by atoms with Crippen molar-refractivity contribution in [3.05, 3.63) is 0 Å². The van der Waals surface area contributed by atoms with E-state index in [1.807, 2.05) is 11.8 Å². The van der Waals surface area contributed by atoms with Gasteiger partial charge in [-0.1, -0.05) is 20.8 Å². The first-order chi connectivity index (χ1) is 6.46. The molecule has 0 amide bonds. The molecule has 0 radical (unpaired) electrons. The van der Waals surface area contributed by atoms with Crippen LogP contribution in [-0.2, 0) is 0 Å². The van der Waals surface area contributed by atoms with E-state index in [1.165, 1.54) is 12.2 Å². The zero-order valence-corrected chi connectivity index (χ0v) is 11.9. The quantitative estimate of drug-likeness (QED) is 0.676. The lowest BCUT2D eigenvalue weighted by molar-refractivity contribution is 0.184. The lowest BCUT2D eigenvalue weighted by Gasteiger charge is -2.34. The van der Waals surface area contributed by atoms with Gasteiger partial charge in [0.25, 0.3) is 0 Å². The standard InChI is InChI=1S/C11H25NS2/c1-6-10(7-14-5)12(4)8-11(2,3)9-13/h10,13H,6-9H2,1-5H3. The topological polar surface area (TPSA) is 3.24 Å². The Bertz CT molecular complexity index is 148. The van der Waals surface area contributed by atoms with E-state index in [9.17, 15) is 0 Å². The highest BCUT2D eigenvalue weighted by molar-refractivity contribution is 7.98. The van der Waals surface area contributed by atoms with Crippen LogP contribution in [0.2, 0.25) is 0 Å². The van der Waals surface area contributed by atoms with Crippen LogP contribution in [-0.4, -0.2) is 42.3 Å². The molecule has 0 saturated heterocycles. The molecule has 0 aromatic heterocycles. The SMILES string of the molecule is CCC(CSC)N(C)CC(C)(C)CS. The minimum absolute atomic E-state index is 0.323. The zero-order chi connectivity index (χ0) is 11.2. The Kier molecular flexibility index (Phi) is 7.35. The maximum absolute atomic E-state index is 4.39. The van der Waals surface area contributed by atoms with Gasteiger partial charge in [-0.15, -0.1) is 0 Å². The van der Waals surface area contributed by atoms with E-state index in [0.717, 1.165) is 12.3 Å². The van der Waals surface area contributed by atoms with Crippen molar-refractivity contribution in [2.45, 2.75) is 33.2 Å². The number of rotatable bonds is 7. The van der Waals surface area contributed by atoms with E-state index < -0.39 is 0 Å². The number of thiol groups is 1. The van der Waals surface area contributed by atoms with Crippen molar-refractivity contribution in [2.24, 2.45) is 5.41 Å². The molecule has 0 N–H and O–H groups in total. The second-order valence-corrected chi connectivity index (χ2v) is 5.98. The van der Waals surface area contributed by atoms with E-state index in [0.29, 0.717) is 11.5 Å². The number of hydrogen-bond donors (Lipinski definition) is 1. The van der Waals surface area contributed by atoms with Gasteiger partial charge in [-0.3, -0.25) is 0 Å². The number of nitrogens with zero attached hydrogens (tertiary/aromatic N) is 1. The van der Waals surface area contributed by atoms with E-state index in [4.69, 9.17) is 0 Å². The molecule has 1 unspecified atom stereocenters. The predicted molar refractivity (Wildman–Crippen MR) is 72.7 cm³/mol. The van der Waals surface area contributed by atoms with Crippen molar-refractivity contribution < 1.29 is 0 Å². The van der Waals surface area contributed by atoms with E-state index in [2.05, 4.69) is 51.6 Å². The highest BCUT2D eigenvalue weighted by Crippen LogP contribution is 2.20. The summed E-state index contributed by atoms with van der Waals surface area (Å²) in [4.78, 5) is 2.48. The van der Waals surface area contributed by atoms with Gasteiger partial charge in [0.15, 0.2) is 0 Å². The molecule has 0 aliphatic rings. The summed E-state index contributed by atoms with van der Waals surface area (Å²) in [5, 5.41) is 0. The largest absolute Gasteiger partial charge is 0.302 e. The summed E-state index contributed by atoms with van der Waals surface area (Å²) >= 11 is 6.33. The average molecular weight is 235 g/mol. The summed E-state index contributed by atoms with van der Waals surface area (Å²) in [6.45, 7) is 7.96. The van der Waals surface area contributed by atoms with Crippen molar-refractivity contribution in [1.29, 1.82) is 0 Å². The van der Waals surface area contributed by atoms with Crippen LogP contribution in [0.5, 0.6) is 0 Å². The van der Waals surface area contributed by atoms with Crippen molar-refractivity contribution in [3.63, 3.8) is 0 Å². The summed E-state index contributed by atoms with van der Waals surface area (Å²) < 4.78 is 0. The third kappa shape index (κ3) is 5.52. The van der Waals surface area contributed by atoms with Crippen molar-refractivity contribution >= 4 is 24.4 Å². The highest BCUT2D eigenvalue weighted by Gasteiger charge is 2.21. The number of thioether (sulfide) groups is 1. The molecular weight excluding hydrogens is 210 g/mol. The molecule has 0 aromatic rings. The average Bonchev–Trinajstić information content (AvgIpc) is 2.13. The molecule has 0 rings (SSSR count). The summed E-state index contributed by atoms with van der Waals surface area (Å²) in [5.41, 5.74) is 0.323. The fourth-order valence-corrected chi connectivity index (χ4v) is 2.58. The summed E-state index contributed by atoms with van der Waals surface area (Å²) in [6.07, 6.45) is 3.42. The van der Waals surface area contributed by atoms with Crippen molar-refractivity contribution in [3.8, 4) is 0 Å². The monoisotopic (exact) mass is 235 g/mol. The van der Waals surface area contributed by atoms with Crippen LogP contribution < -0.4 is 0 Å². The molecule has 1 nitrogen and oxygen atoms in total. The molecular formula is C11H25NS2. The Labute approximate surface area is 99.4 Å². The molecule has 0 spiro atoms. The second-order valence-electron chi connectivity index (χ2n) is 4.75. The van der Waals surface area contributed by atoms with Crippen LogP contribution in [0.25, 0.3) is 0 Å². The number of hydrogen-bond acceptors (Lipinski definition) is 3. The van der Waals surface area contributed by atoms with Gasteiger partial charge in [0.2, 0.25) is 0 Å². The van der Waals surface area contributed by atoms with Gasteiger partial charge < -0.3 is 4.90 Å². The summed E-state index contributed by atoms with van der Waals surface area (Å²) in [7, 11) is 2.23. The Morgan fingerprint density at radius 2 is 2.00 bits per heavy atom. The molecule has 0 heterocycles. The van der Waals surface area contributed by atoms with Gasteiger partial charge in [-0.25, -0.2) is 0 Å². The maximum atomic E-state index is 4.39. The smallest absolute Gasteiger partial charge is 0.0180 e. The van der Waals surface area contributed by atoms with Gasteiger partial charge in [0.05, 0.1) is 0 Å². The summed E-state index contributed by atoms with van der Waals surface area (Å²) in [6, 6.07) is 0.712. The third-order valence-electron chi connectivity index (χ3n) is 2.56. The fourth-order valence-electron chi connectivity index (χ4n) is 1.60. The maximum Gasteiger partial charge on any atom is 0.0180 e. The Balaban J connectivity index is 4.09. The van der Waals surface area contributed by atoms with Crippen LogP contribution in [0.15, 0.2) is 0 Å². The molecule has 0 bridgehead atoms. The highest BCUT2D eigenvalue weighted by atomic mass is 32.2. The molecule has 0 aliphatic heterocycles. The Morgan fingerprint density at radius 1 is 1.43 bits per heavy atom. The first-order valence-electron chi connectivity index (χ1n) is 5.27. The molecule has 1 atom stereocenters. The van der Waals surface area contributed by atoms with Crippen LogP contribution in [0.4, 0.5) is 0 Å². The normalized spacial score (nSPS) is 14.8. The first-order valence-corrected chi connectivity index (χ1v) is 7.29.